The minimum Gasteiger partial charge on any atom is -0.334 e. The monoisotopic (exact) mass is 298 g/mol. The number of carbonyl (C=O) groups excluding carboxylic acids is 1. The first-order valence-corrected chi connectivity index (χ1v) is 8.38. The lowest BCUT2D eigenvalue weighted by atomic mass is 9.73. The van der Waals surface area contributed by atoms with Crippen LogP contribution in [0.15, 0.2) is 30.3 Å². The second kappa shape index (κ2) is 4.95. The van der Waals surface area contributed by atoms with Crippen molar-refractivity contribution >= 4 is 17.2 Å². The predicted molar refractivity (Wildman–Crippen MR) is 84.5 cm³/mol. The molecule has 0 spiro atoms. The zero-order chi connectivity index (χ0) is 14.4. The normalized spacial score (nSPS) is 23.8. The van der Waals surface area contributed by atoms with Crippen LogP contribution in [-0.4, -0.2) is 28.4 Å². The number of nitrogens with zero attached hydrogens (tertiary/aromatic N) is 2. The van der Waals surface area contributed by atoms with E-state index in [2.05, 4.69) is 22.0 Å². The molecule has 3 heterocycles. The summed E-state index contributed by atoms with van der Waals surface area (Å²) in [7, 11) is 0. The minimum atomic E-state index is 0.126. The van der Waals surface area contributed by atoms with Crippen LogP contribution in [0.5, 0.6) is 0 Å². The predicted octanol–water partition coefficient (Wildman–Crippen LogP) is 3.74. The van der Waals surface area contributed by atoms with E-state index in [1.54, 1.807) is 11.3 Å². The molecule has 0 radical (unpaired) electrons. The Morgan fingerprint density at radius 1 is 1.29 bits per heavy atom. The van der Waals surface area contributed by atoms with Gasteiger partial charge in [-0.1, -0.05) is 30.3 Å². The Balaban J connectivity index is 1.70. The lowest BCUT2D eigenvalue weighted by molar-refractivity contribution is 0.0145. The van der Waals surface area contributed by atoms with E-state index in [1.165, 1.54) is 12.8 Å². The maximum absolute atomic E-state index is 12.9. The van der Waals surface area contributed by atoms with Gasteiger partial charge in [-0.15, -0.1) is 11.3 Å². The summed E-state index contributed by atoms with van der Waals surface area (Å²) >= 11 is 1.62. The summed E-state index contributed by atoms with van der Waals surface area (Å²) in [5.41, 5.74) is 1.74. The van der Waals surface area contributed by atoms with E-state index in [0.717, 1.165) is 34.3 Å². The third-order valence-corrected chi connectivity index (χ3v) is 5.68. The van der Waals surface area contributed by atoms with Gasteiger partial charge in [-0.25, -0.2) is 4.98 Å². The summed E-state index contributed by atoms with van der Waals surface area (Å²) in [6, 6.07) is 10.6. The summed E-state index contributed by atoms with van der Waals surface area (Å²) in [5.74, 6) is 0.992. The van der Waals surface area contributed by atoms with Gasteiger partial charge in [0, 0.05) is 12.6 Å². The highest BCUT2D eigenvalue weighted by atomic mass is 32.1. The van der Waals surface area contributed by atoms with Gasteiger partial charge in [0.15, 0.2) is 0 Å². The molecule has 1 aromatic heterocycles. The molecule has 1 aliphatic carbocycles. The van der Waals surface area contributed by atoms with Crippen LogP contribution in [0.1, 0.15) is 34.8 Å². The van der Waals surface area contributed by atoms with Crippen LogP contribution in [0.25, 0.3) is 10.4 Å². The van der Waals surface area contributed by atoms with Gasteiger partial charge in [0.2, 0.25) is 0 Å². The fourth-order valence-corrected chi connectivity index (χ4v) is 4.37. The molecule has 3 nitrogen and oxygen atoms in total. The summed E-state index contributed by atoms with van der Waals surface area (Å²) < 4.78 is 0. The fraction of sp³-hybridized carbons (Fsp3) is 0.412. The van der Waals surface area contributed by atoms with E-state index < -0.39 is 0 Å². The third kappa shape index (κ3) is 2.18. The van der Waals surface area contributed by atoms with Crippen molar-refractivity contribution in [2.45, 2.75) is 32.2 Å². The van der Waals surface area contributed by atoms with Gasteiger partial charge < -0.3 is 4.90 Å². The highest BCUT2D eigenvalue weighted by Crippen LogP contribution is 2.41. The largest absolute Gasteiger partial charge is 0.334 e. The number of rotatable bonds is 2. The van der Waals surface area contributed by atoms with E-state index in [-0.39, 0.29) is 5.91 Å². The molecule has 2 saturated heterocycles. The average molecular weight is 298 g/mol. The average Bonchev–Trinajstić information content (AvgIpc) is 2.88. The van der Waals surface area contributed by atoms with E-state index in [4.69, 9.17) is 0 Å². The van der Waals surface area contributed by atoms with Crippen LogP contribution >= 0.6 is 11.3 Å². The van der Waals surface area contributed by atoms with E-state index in [0.29, 0.717) is 11.7 Å². The standard InChI is InChI=1S/C17H18N2OS/c1-11-18-15(16(21-11)13-5-3-2-4-6-13)17(20)19-8-7-12-9-14(19)10-12/h2-6,12,14H,7-10H2,1H3. The number of amides is 1. The number of benzene rings is 1. The Bertz CT molecular complexity index is 671. The molecule has 1 saturated carbocycles. The number of fused-ring (bicyclic) bond motifs is 2. The van der Waals surface area contributed by atoms with Crippen molar-refractivity contribution in [3.05, 3.63) is 41.0 Å². The second-order valence-electron chi connectivity index (χ2n) is 6.06. The first-order valence-electron chi connectivity index (χ1n) is 7.56. The molecule has 1 aromatic carbocycles. The topological polar surface area (TPSA) is 33.2 Å². The molecule has 0 atom stereocenters. The number of aromatic nitrogens is 1. The van der Waals surface area contributed by atoms with Crippen molar-refractivity contribution in [1.29, 1.82) is 0 Å². The zero-order valence-corrected chi connectivity index (χ0v) is 12.9. The number of piperidine rings is 2. The number of aryl methyl sites for hydroxylation is 1. The van der Waals surface area contributed by atoms with Crippen LogP contribution in [0.4, 0.5) is 0 Å². The Morgan fingerprint density at radius 2 is 2.05 bits per heavy atom. The molecular formula is C17H18N2OS. The zero-order valence-electron chi connectivity index (χ0n) is 12.1. The number of thiazole rings is 1. The van der Waals surface area contributed by atoms with E-state index >= 15 is 0 Å². The van der Waals surface area contributed by atoms with Gasteiger partial charge in [0.1, 0.15) is 5.69 Å². The highest BCUT2D eigenvalue weighted by Gasteiger charge is 2.41. The van der Waals surface area contributed by atoms with Crippen molar-refractivity contribution in [2.24, 2.45) is 5.92 Å². The van der Waals surface area contributed by atoms with Crippen molar-refractivity contribution in [1.82, 2.24) is 9.88 Å². The van der Waals surface area contributed by atoms with Gasteiger partial charge in [-0.05, 0) is 37.7 Å². The Kier molecular flexibility index (Phi) is 3.07. The molecule has 3 aliphatic rings. The molecule has 108 valence electrons. The SMILES string of the molecule is Cc1nc(C(=O)N2CCC3CC2C3)c(-c2ccccc2)s1. The quantitative estimate of drug-likeness (QED) is 0.846. The Labute approximate surface area is 128 Å². The minimum absolute atomic E-state index is 0.126. The van der Waals surface area contributed by atoms with Crippen LogP contribution in [0.3, 0.4) is 0 Å². The number of carbonyl (C=O) groups is 1. The molecule has 0 N–H and O–H groups in total. The van der Waals surface area contributed by atoms with Crippen molar-refractivity contribution in [3.8, 4) is 10.4 Å². The number of hydrogen-bond donors (Lipinski definition) is 0. The fourth-order valence-electron chi connectivity index (χ4n) is 3.46. The second-order valence-corrected chi connectivity index (χ2v) is 7.26. The van der Waals surface area contributed by atoms with Crippen LogP contribution in [0, 0.1) is 12.8 Å². The molecule has 0 unspecified atom stereocenters. The van der Waals surface area contributed by atoms with Gasteiger partial charge in [0.25, 0.3) is 5.91 Å². The van der Waals surface area contributed by atoms with Crippen molar-refractivity contribution < 1.29 is 4.79 Å². The maximum Gasteiger partial charge on any atom is 0.274 e. The van der Waals surface area contributed by atoms with Crippen LogP contribution in [0.2, 0.25) is 0 Å². The summed E-state index contributed by atoms with van der Waals surface area (Å²) in [6.45, 7) is 2.88. The Morgan fingerprint density at radius 3 is 2.71 bits per heavy atom. The molecular weight excluding hydrogens is 280 g/mol. The highest BCUT2D eigenvalue weighted by molar-refractivity contribution is 7.15. The summed E-state index contributed by atoms with van der Waals surface area (Å²) in [5, 5.41) is 0.959. The molecule has 2 aromatic rings. The molecule has 2 bridgehead atoms. The van der Waals surface area contributed by atoms with Crippen LogP contribution < -0.4 is 0 Å². The first-order chi connectivity index (χ1) is 10.2. The molecule has 21 heavy (non-hydrogen) atoms. The van der Waals surface area contributed by atoms with Gasteiger partial charge in [-0.3, -0.25) is 4.79 Å². The smallest absolute Gasteiger partial charge is 0.274 e. The van der Waals surface area contributed by atoms with Crippen molar-refractivity contribution in [3.63, 3.8) is 0 Å². The van der Waals surface area contributed by atoms with Gasteiger partial charge >= 0.3 is 0 Å². The lowest BCUT2D eigenvalue weighted by Gasteiger charge is -2.48. The maximum atomic E-state index is 12.9. The molecule has 1 amide bonds. The van der Waals surface area contributed by atoms with E-state index in [9.17, 15) is 4.79 Å². The van der Waals surface area contributed by atoms with Crippen LogP contribution in [-0.2, 0) is 0 Å². The van der Waals surface area contributed by atoms with Gasteiger partial charge in [0.05, 0.1) is 9.88 Å². The molecule has 3 fully saturated rings. The van der Waals surface area contributed by atoms with Crippen molar-refractivity contribution in [2.75, 3.05) is 6.54 Å². The Hall–Kier alpha value is -1.68. The van der Waals surface area contributed by atoms with E-state index in [1.807, 2.05) is 25.1 Å². The summed E-state index contributed by atoms with van der Waals surface area (Å²) in [6.07, 6.45) is 3.54. The molecule has 4 heteroatoms. The number of hydrogen-bond acceptors (Lipinski definition) is 3. The lowest BCUT2D eigenvalue weighted by Crippen LogP contribution is -2.53. The van der Waals surface area contributed by atoms with Gasteiger partial charge in [-0.2, -0.15) is 0 Å². The molecule has 2 aliphatic heterocycles. The molecule has 5 rings (SSSR count). The first kappa shape index (κ1) is 13.0. The summed E-state index contributed by atoms with van der Waals surface area (Å²) in [4.78, 5) is 20.5. The third-order valence-electron chi connectivity index (χ3n) is 4.66.